The molecular weight excluding hydrogens is 276 g/mol. The Kier molecular flexibility index (Phi) is 4.64. The van der Waals surface area contributed by atoms with Crippen molar-refractivity contribution in [1.29, 1.82) is 0 Å². The first kappa shape index (κ1) is 15.1. The van der Waals surface area contributed by atoms with Crippen LogP contribution in [0.3, 0.4) is 0 Å². The van der Waals surface area contributed by atoms with E-state index in [4.69, 9.17) is 5.11 Å². The van der Waals surface area contributed by atoms with Crippen molar-refractivity contribution in [3.63, 3.8) is 0 Å². The molecule has 1 fully saturated rings. The number of hydrogen-bond donors (Lipinski definition) is 5. The van der Waals surface area contributed by atoms with Crippen molar-refractivity contribution < 1.29 is 24.9 Å². The fourth-order valence-corrected chi connectivity index (χ4v) is 2.33. The van der Waals surface area contributed by atoms with Crippen LogP contribution in [0.25, 0.3) is 0 Å². The Hall–Kier alpha value is -2.28. The van der Waals surface area contributed by atoms with Crippen molar-refractivity contribution in [1.82, 2.24) is 5.32 Å². The number of carboxylic acid groups (broad SMARTS) is 1. The molecular formula is C14H18N2O5. The molecule has 2 rings (SSSR count). The lowest BCUT2D eigenvalue weighted by Gasteiger charge is -2.26. The summed E-state index contributed by atoms with van der Waals surface area (Å²) in [4.78, 5) is 22.6. The zero-order valence-electron chi connectivity index (χ0n) is 11.4. The molecule has 0 radical (unpaired) electrons. The van der Waals surface area contributed by atoms with E-state index < -0.39 is 12.0 Å². The number of aliphatic hydroxyl groups excluding tert-OH is 1. The van der Waals surface area contributed by atoms with Crippen LogP contribution in [0.5, 0.6) is 5.75 Å². The number of aromatic carboxylic acids is 1. The lowest BCUT2D eigenvalue weighted by molar-refractivity contribution is 0.0696. The summed E-state index contributed by atoms with van der Waals surface area (Å²) in [7, 11) is 0. The molecule has 21 heavy (non-hydrogen) atoms. The van der Waals surface area contributed by atoms with Crippen molar-refractivity contribution in [2.45, 2.75) is 37.8 Å². The minimum Gasteiger partial charge on any atom is -0.506 e. The molecule has 7 heteroatoms. The Morgan fingerprint density at radius 3 is 2.38 bits per heavy atom. The number of nitrogens with one attached hydrogen (secondary N) is 2. The normalized spacial score (nSPS) is 21.6. The summed E-state index contributed by atoms with van der Waals surface area (Å²) >= 11 is 0. The van der Waals surface area contributed by atoms with Crippen LogP contribution >= 0.6 is 0 Å². The number of hydrogen-bond acceptors (Lipinski definition) is 4. The van der Waals surface area contributed by atoms with Crippen LogP contribution in [0.1, 0.15) is 36.0 Å². The largest absolute Gasteiger partial charge is 0.506 e. The van der Waals surface area contributed by atoms with Gasteiger partial charge in [-0.2, -0.15) is 0 Å². The standard InChI is InChI=1S/C14H18N2O5/c17-10-4-2-9(3-5-10)15-14(21)16-11-6-1-8(13(19)20)7-12(11)18/h1,6-7,9-10,17-18H,2-5H2,(H,19,20)(H2,15,16,21). The van der Waals surface area contributed by atoms with Gasteiger partial charge in [0.25, 0.3) is 0 Å². The molecule has 7 nitrogen and oxygen atoms in total. The van der Waals surface area contributed by atoms with Gasteiger partial charge in [-0.05, 0) is 43.9 Å². The number of aromatic hydroxyl groups is 1. The quantitative estimate of drug-likeness (QED) is 0.541. The number of aliphatic hydroxyl groups is 1. The van der Waals surface area contributed by atoms with Crippen LogP contribution in [-0.2, 0) is 0 Å². The van der Waals surface area contributed by atoms with Gasteiger partial charge in [-0.15, -0.1) is 0 Å². The van der Waals surface area contributed by atoms with E-state index in [1.54, 1.807) is 0 Å². The lowest BCUT2D eigenvalue weighted by atomic mass is 9.93. The van der Waals surface area contributed by atoms with Gasteiger partial charge < -0.3 is 26.0 Å². The van der Waals surface area contributed by atoms with E-state index in [1.807, 2.05) is 0 Å². The Balaban J connectivity index is 1.92. The van der Waals surface area contributed by atoms with E-state index in [1.165, 1.54) is 12.1 Å². The summed E-state index contributed by atoms with van der Waals surface area (Å²) in [5, 5.41) is 33.1. The second-order valence-electron chi connectivity index (χ2n) is 5.14. The molecule has 0 heterocycles. The van der Waals surface area contributed by atoms with Crippen molar-refractivity contribution in [3.05, 3.63) is 23.8 Å². The second kappa shape index (κ2) is 6.45. The van der Waals surface area contributed by atoms with E-state index in [2.05, 4.69) is 10.6 Å². The molecule has 5 N–H and O–H groups in total. The molecule has 0 bridgehead atoms. The highest BCUT2D eigenvalue weighted by Gasteiger charge is 2.21. The predicted octanol–water partition coefficient (Wildman–Crippen LogP) is 1.52. The molecule has 0 saturated heterocycles. The zero-order chi connectivity index (χ0) is 15.4. The molecule has 0 spiro atoms. The molecule has 1 aliphatic carbocycles. The number of carbonyl (C=O) groups excluding carboxylic acids is 1. The minimum atomic E-state index is -1.15. The summed E-state index contributed by atoms with van der Waals surface area (Å²) in [6.45, 7) is 0. The summed E-state index contributed by atoms with van der Waals surface area (Å²) < 4.78 is 0. The Labute approximate surface area is 121 Å². The molecule has 114 valence electrons. The first-order chi connectivity index (χ1) is 9.95. The van der Waals surface area contributed by atoms with E-state index in [0.29, 0.717) is 25.7 Å². The topological polar surface area (TPSA) is 119 Å². The van der Waals surface area contributed by atoms with Crippen molar-refractivity contribution in [2.24, 2.45) is 0 Å². The number of urea groups is 1. The summed E-state index contributed by atoms with van der Waals surface area (Å²) in [6, 6.07) is 3.25. The Morgan fingerprint density at radius 2 is 1.81 bits per heavy atom. The summed E-state index contributed by atoms with van der Waals surface area (Å²) in [6.07, 6.45) is 2.43. The van der Waals surface area contributed by atoms with Crippen LogP contribution in [-0.4, -0.2) is 39.5 Å². The van der Waals surface area contributed by atoms with Crippen LogP contribution in [0, 0.1) is 0 Å². The van der Waals surface area contributed by atoms with Crippen molar-refractivity contribution in [2.75, 3.05) is 5.32 Å². The minimum absolute atomic E-state index is 0.00571. The Bertz CT molecular complexity index is 538. The van der Waals surface area contributed by atoms with E-state index >= 15 is 0 Å². The average molecular weight is 294 g/mol. The predicted molar refractivity (Wildman–Crippen MR) is 75.5 cm³/mol. The second-order valence-corrected chi connectivity index (χ2v) is 5.14. The van der Waals surface area contributed by atoms with E-state index in [0.717, 1.165) is 6.07 Å². The highest BCUT2D eigenvalue weighted by Crippen LogP contribution is 2.24. The molecule has 1 saturated carbocycles. The number of rotatable bonds is 3. The average Bonchev–Trinajstić information content (AvgIpc) is 2.43. The highest BCUT2D eigenvalue weighted by molar-refractivity contribution is 5.93. The molecule has 0 aliphatic heterocycles. The van der Waals surface area contributed by atoms with Crippen LogP contribution in [0.15, 0.2) is 18.2 Å². The molecule has 0 unspecified atom stereocenters. The third kappa shape index (κ3) is 4.09. The van der Waals surface area contributed by atoms with E-state index in [-0.39, 0.29) is 29.1 Å². The lowest BCUT2D eigenvalue weighted by Crippen LogP contribution is -2.40. The maximum atomic E-state index is 11.8. The van der Waals surface area contributed by atoms with Gasteiger partial charge in [0.05, 0.1) is 17.4 Å². The first-order valence-corrected chi connectivity index (χ1v) is 6.77. The smallest absolute Gasteiger partial charge is 0.335 e. The third-order valence-corrected chi connectivity index (χ3v) is 3.52. The SMILES string of the molecule is O=C(Nc1ccc(C(=O)O)cc1O)NC1CCC(O)CC1. The molecule has 2 amide bonds. The van der Waals surface area contributed by atoms with E-state index in [9.17, 15) is 19.8 Å². The number of amides is 2. The van der Waals surface area contributed by atoms with Crippen LogP contribution in [0.4, 0.5) is 10.5 Å². The van der Waals surface area contributed by atoms with Crippen LogP contribution in [0.2, 0.25) is 0 Å². The van der Waals surface area contributed by atoms with Gasteiger partial charge in [0.2, 0.25) is 0 Å². The number of anilines is 1. The molecule has 1 aromatic rings. The number of phenols is 1. The molecule has 1 aliphatic rings. The zero-order valence-corrected chi connectivity index (χ0v) is 11.4. The van der Waals surface area contributed by atoms with Gasteiger partial charge in [-0.1, -0.05) is 0 Å². The summed E-state index contributed by atoms with van der Waals surface area (Å²) in [5.41, 5.74) is 0.0908. The van der Waals surface area contributed by atoms with Gasteiger partial charge in [0.15, 0.2) is 0 Å². The third-order valence-electron chi connectivity index (χ3n) is 3.52. The van der Waals surface area contributed by atoms with Gasteiger partial charge >= 0.3 is 12.0 Å². The molecule has 0 aromatic heterocycles. The number of carbonyl (C=O) groups is 2. The van der Waals surface area contributed by atoms with Crippen molar-refractivity contribution >= 4 is 17.7 Å². The highest BCUT2D eigenvalue weighted by atomic mass is 16.4. The van der Waals surface area contributed by atoms with Crippen LogP contribution < -0.4 is 10.6 Å². The maximum absolute atomic E-state index is 11.8. The molecule has 0 atom stereocenters. The van der Waals surface area contributed by atoms with Gasteiger partial charge in [0.1, 0.15) is 5.75 Å². The number of benzene rings is 1. The summed E-state index contributed by atoms with van der Waals surface area (Å²) in [5.74, 6) is -1.45. The Morgan fingerprint density at radius 1 is 1.14 bits per heavy atom. The number of carboxylic acids is 1. The van der Waals surface area contributed by atoms with Gasteiger partial charge in [-0.25, -0.2) is 9.59 Å². The van der Waals surface area contributed by atoms with Crippen molar-refractivity contribution in [3.8, 4) is 5.75 Å². The fraction of sp³-hybridized carbons (Fsp3) is 0.429. The van der Waals surface area contributed by atoms with Gasteiger partial charge in [0, 0.05) is 6.04 Å². The molecule has 1 aromatic carbocycles. The first-order valence-electron chi connectivity index (χ1n) is 6.77. The fourth-order valence-electron chi connectivity index (χ4n) is 2.33. The van der Waals surface area contributed by atoms with Gasteiger partial charge in [-0.3, -0.25) is 0 Å². The number of phenolic OH excluding ortho intramolecular Hbond substituents is 1. The maximum Gasteiger partial charge on any atom is 0.335 e. The monoisotopic (exact) mass is 294 g/mol.